The number of rotatable bonds is 41. The Labute approximate surface area is 313 Å². The van der Waals surface area contributed by atoms with Crippen LogP contribution in [0.25, 0.3) is 0 Å². The highest BCUT2D eigenvalue weighted by atomic mass is 16.3. The van der Waals surface area contributed by atoms with E-state index < -0.39 is 12.1 Å². The van der Waals surface area contributed by atoms with E-state index in [0.717, 1.165) is 32.1 Å². The Morgan fingerprint density at radius 2 is 0.780 bits per heavy atom. The maximum absolute atomic E-state index is 12.2. The lowest BCUT2D eigenvalue weighted by atomic mass is 10.0. The van der Waals surface area contributed by atoms with E-state index in [4.69, 9.17) is 0 Å². The molecule has 2 atom stereocenters. The number of unbranched alkanes of at least 4 members (excludes halogenated alkanes) is 32. The van der Waals surface area contributed by atoms with Crippen LogP contribution in [0.3, 0.4) is 0 Å². The van der Waals surface area contributed by atoms with Crippen molar-refractivity contribution < 1.29 is 15.0 Å². The van der Waals surface area contributed by atoms with Crippen LogP contribution in [0.2, 0.25) is 0 Å². The first kappa shape index (κ1) is 48.9. The second-order valence-corrected chi connectivity index (χ2v) is 15.5. The van der Waals surface area contributed by atoms with Crippen molar-refractivity contribution in [3.05, 3.63) is 24.3 Å². The fraction of sp³-hybridized carbons (Fsp3) is 0.891. The van der Waals surface area contributed by atoms with Crippen molar-refractivity contribution in [2.75, 3.05) is 6.61 Å². The van der Waals surface area contributed by atoms with Gasteiger partial charge in [-0.25, -0.2) is 0 Å². The molecule has 1 amide bonds. The SMILES string of the molecule is CCCCCCCCCCCCCCCCCCCCCCCCCCC/C=C/CC/C=C/C(O)C(CO)NC(=O)CCCCCCCCC. The molecule has 0 fully saturated rings. The minimum absolute atomic E-state index is 0.0797. The Kier molecular flexibility index (Phi) is 41.3. The first-order chi connectivity index (χ1) is 24.7. The molecular weight excluding hydrogens is 615 g/mol. The summed E-state index contributed by atoms with van der Waals surface area (Å²) in [5, 5.41) is 22.8. The zero-order valence-corrected chi connectivity index (χ0v) is 33.9. The molecule has 0 aliphatic heterocycles. The molecule has 4 heteroatoms. The maximum atomic E-state index is 12.2. The standard InChI is InChI=1S/C46H89NO3/c1-3-5-7-9-11-12-13-14-15-16-17-18-19-20-21-22-23-24-25-26-27-28-29-30-31-32-33-34-36-37-39-41-45(49)44(43-48)47-46(50)42-40-38-35-10-8-6-4-2/h33-34,39,41,44-45,48-49H,3-32,35-38,40,42-43H2,1-2H3,(H,47,50)/b34-33+,41-39+. The molecule has 0 aromatic heterocycles. The molecule has 0 spiro atoms. The third-order valence-corrected chi connectivity index (χ3v) is 10.4. The lowest BCUT2D eigenvalue weighted by Gasteiger charge is -2.19. The van der Waals surface area contributed by atoms with Gasteiger partial charge in [0.05, 0.1) is 18.8 Å². The van der Waals surface area contributed by atoms with Crippen LogP contribution in [-0.4, -0.2) is 34.9 Å². The summed E-state index contributed by atoms with van der Waals surface area (Å²) in [4.78, 5) is 12.2. The van der Waals surface area contributed by atoms with Crippen LogP contribution in [0, 0.1) is 0 Å². The second kappa shape index (κ2) is 42.3. The molecule has 0 saturated carbocycles. The highest BCUT2D eigenvalue weighted by Gasteiger charge is 2.17. The smallest absolute Gasteiger partial charge is 0.220 e. The zero-order chi connectivity index (χ0) is 36.4. The predicted octanol–water partition coefficient (Wildman–Crippen LogP) is 14.0. The van der Waals surface area contributed by atoms with Gasteiger partial charge in [-0.05, 0) is 32.1 Å². The molecule has 0 aliphatic carbocycles. The highest BCUT2D eigenvalue weighted by molar-refractivity contribution is 5.76. The predicted molar refractivity (Wildman–Crippen MR) is 221 cm³/mol. The molecule has 3 N–H and O–H groups in total. The van der Waals surface area contributed by atoms with Crippen molar-refractivity contribution in [1.82, 2.24) is 5.32 Å². The minimum atomic E-state index is -0.856. The van der Waals surface area contributed by atoms with Crippen molar-refractivity contribution in [2.24, 2.45) is 0 Å². The first-order valence-electron chi connectivity index (χ1n) is 22.6. The van der Waals surface area contributed by atoms with Crippen molar-refractivity contribution in [1.29, 1.82) is 0 Å². The second-order valence-electron chi connectivity index (χ2n) is 15.5. The molecule has 4 nitrogen and oxygen atoms in total. The van der Waals surface area contributed by atoms with Crippen LogP contribution in [0.5, 0.6) is 0 Å². The fourth-order valence-corrected chi connectivity index (χ4v) is 6.96. The van der Waals surface area contributed by atoms with Crippen molar-refractivity contribution >= 4 is 5.91 Å². The van der Waals surface area contributed by atoms with E-state index in [9.17, 15) is 15.0 Å². The third-order valence-electron chi connectivity index (χ3n) is 10.4. The van der Waals surface area contributed by atoms with Gasteiger partial charge in [-0.3, -0.25) is 4.79 Å². The molecule has 0 aliphatic rings. The number of carbonyl (C=O) groups is 1. The van der Waals surface area contributed by atoms with Gasteiger partial charge in [0.15, 0.2) is 0 Å². The Morgan fingerprint density at radius 1 is 0.460 bits per heavy atom. The Morgan fingerprint density at radius 3 is 1.16 bits per heavy atom. The molecule has 296 valence electrons. The summed E-state index contributed by atoms with van der Waals surface area (Å²) in [5.41, 5.74) is 0. The van der Waals surface area contributed by atoms with Gasteiger partial charge in [0.25, 0.3) is 0 Å². The fourth-order valence-electron chi connectivity index (χ4n) is 6.96. The number of allylic oxidation sites excluding steroid dienone is 3. The van der Waals surface area contributed by atoms with Crippen LogP contribution in [0.15, 0.2) is 24.3 Å². The van der Waals surface area contributed by atoms with Gasteiger partial charge in [-0.1, -0.05) is 231 Å². The van der Waals surface area contributed by atoms with Crippen LogP contribution in [0.4, 0.5) is 0 Å². The van der Waals surface area contributed by atoms with Gasteiger partial charge in [0.2, 0.25) is 5.91 Å². The third kappa shape index (κ3) is 38.1. The minimum Gasteiger partial charge on any atom is -0.394 e. The summed E-state index contributed by atoms with van der Waals surface area (Å²) in [7, 11) is 0. The number of amides is 1. The lowest BCUT2D eigenvalue weighted by Crippen LogP contribution is -2.45. The van der Waals surface area contributed by atoms with Crippen LogP contribution in [-0.2, 0) is 4.79 Å². The summed E-state index contributed by atoms with van der Waals surface area (Å²) in [6.45, 7) is 4.26. The van der Waals surface area contributed by atoms with Crippen LogP contribution >= 0.6 is 0 Å². The molecule has 50 heavy (non-hydrogen) atoms. The lowest BCUT2D eigenvalue weighted by molar-refractivity contribution is -0.123. The van der Waals surface area contributed by atoms with E-state index in [2.05, 4.69) is 31.3 Å². The monoisotopic (exact) mass is 704 g/mol. The average Bonchev–Trinajstić information content (AvgIpc) is 3.12. The van der Waals surface area contributed by atoms with E-state index in [0.29, 0.717) is 6.42 Å². The van der Waals surface area contributed by atoms with E-state index in [1.165, 1.54) is 193 Å². The normalized spacial score (nSPS) is 13.1. The van der Waals surface area contributed by atoms with Crippen LogP contribution in [0.1, 0.15) is 245 Å². The number of hydrogen-bond donors (Lipinski definition) is 3. The number of carbonyl (C=O) groups excluding carboxylic acids is 1. The summed E-state index contributed by atoms with van der Waals surface area (Å²) in [6.07, 6.45) is 54.8. The topological polar surface area (TPSA) is 69.6 Å². The first-order valence-corrected chi connectivity index (χ1v) is 22.6. The Balaban J connectivity index is 3.43. The van der Waals surface area contributed by atoms with E-state index in [1.807, 2.05) is 6.08 Å². The highest BCUT2D eigenvalue weighted by Crippen LogP contribution is 2.16. The van der Waals surface area contributed by atoms with Crippen molar-refractivity contribution in [2.45, 2.75) is 257 Å². The molecule has 0 saturated heterocycles. The molecule has 0 aromatic carbocycles. The number of aliphatic hydroxyl groups excluding tert-OH is 2. The molecular formula is C46H89NO3. The summed E-state index contributed by atoms with van der Waals surface area (Å²) < 4.78 is 0. The van der Waals surface area contributed by atoms with E-state index in [1.54, 1.807) is 6.08 Å². The number of aliphatic hydroxyl groups is 2. The van der Waals surface area contributed by atoms with Crippen molar-refractivity contribution in [3.8, 4) is 0 Å². The molecule has 0 rings (SSSR count). The maximum Gasteiger partial charge on any atom is 0.220 e. The molecule has 0 radical (unpaired) electrons. The zero-order valence-electron chi connectivity index (χ0n) is 33.9. The van der Waals surface area contributed by atoms with E-state index in [-0.39, 0.29) is 12.5 Å². The van der Waals surface area contributed by atoms with Gasteiger partial charge in [0.1, 0.15) is 0 Å². The Bertz CT molecular complexity index is 720. The van der Waals surface area contributed by atoms with Gasteiger partial charge < -0.3 is 15.5 Å². The number of nitrogens with one attached hydrogen (secondary N) is 1. The van der Waals surface area contributed by atoms with Crippen molar-refractivity contribution in [3.63, 3.8) is 0 Å². The van der Waals surface area contributed by atoms with Gasteiger partial charge in [0, 0.05) is 6.42 Å². The quantitative estimate of drug-likeness (QED) is 0.0438. The molecule has 0 heterocycles. The average molecular weight is 704 g/mol. The van der Waals surface area contributed by atoms with E-state index >= 15 is 0 Å². The van der Waals surface area contributed by atoms with Crippen LogP contribution < -0.4 is 5.32 Å². The largest absolute Gasteiger partial charge is 0.394 e. The molecule has 2 unspecified atom stereocenters. The summed E-state index contributed by atoms with van der Waals surface area (Å²) >= 11 is 0. The molecule has 0 aromatic rings. The summed E-state index contributed by atoms with van der Waals surface area (Å²) in [6, 6.07) is -0.632. The van der Waals surface area contributed by atoms with Gasteiger partial charge in [-0.15, -0.1) is 0 Å². The van der Waals surface area contributed by atoms with Gasteiger partial charge in [-0.2, -0.15) is 0 Å². The number of hydrogen-bond acceptors (Lipinski definition) is 3. The summed E-state index contributed by atoms with van der Waals surface area (Å²) in [5.74, 6) is -0.0797. The van der Waals surface area contributed by atoms with Gasteiger partial charge >= 0.3 is 0 Å². The molecule has 0 bridgehead atoms. The Hall–Kier alpha value is -1.13.